The van der Waals surface area contributed by atoms with Crippen molar-refractivity contribution < 1.29 is 4.79 Å². The summed E-state index contributed by atoms with van der Waals surface area (Å²) in [6.45, 7) is 3.98. The number of amides is 1. The molecule has 0 saturated carbocycles. The summed E-state index contributed by atoms with van der Waals surface area (Å²) in [5.74, 6) is 0.327. The zero-order chi connectivity index (χ0) is 14.5. The van der Waals surface area contributed by atoms with Crippen molar-refractivity contribution in [2.24, 2.45) is 0 Å². The van der Waals surface area contributed by atoms with Crippen molar-refractivity contribution in [3.63, 3.8) is 0 Å². The minimum Gasteiger partial charge on any atom is -0.325 e. The molecule has 0 spiro atoms. The summed E-state index contributed by atoms with van der Waals surface area (Å²) in [4.78, 5) is 16.2. The van der Waals surface area contributed by atoms with Gasteiger partial charge in [-0.15, -0.1) is 0 Å². The first-order chi connectivity index (χ1) is 9.54. The Labute approximate surface area is 131 Å². The quantitative estimate of drug-likeness (QED) is 0.840. The van der Waals surface area contributed by atoms with Gasteiger partial charge in [-0.05, 0) is 59.1 Å². The lowest BCUT2D eigenvalue weighted by atomic mass is 10.2. The van der Waals surface area contributed by atoms with E-state index in [2.05, 4.69) is 26.2 Å². The Bertz CT molecular complexity index is 631. The van der Waals surface area contributed by atoms with Gasteiger partial charge in [0.15, 0.2) is 0 Å². The van der Waals surface area contributed by atoms with Gasteiger partial charge in [-0.2, -0.15) is 0 Å². The Morgan fingerprint density at radius 3 is 2.85 bits per heavy atom. The monoisotopic (exact) mass is 350 g/mol. The van der Waals surface area contributed by atoms with Crippen molar-refractivity contribution in [3.05, 3.63) is 52.1 Å². The number of thioether (sulfide) groups is 1. The van der Waals surface area contributed by atoms with Crippen LogP contribution in [0.5, 0.6) is 0 Å². The molecule has 1 heterocycles. The number of aryl methyl sites for hydroxylation is 2. The summed E-state index contributed by atoms with van der Waals surface area (Å²) in [5.41, 5.74) is 3.02. The van der Waals surface area contributed by atoms with Crippen LogP contribution in [0.1, 0.15) is 11.1 Å². The Balaban J connectivity index is 1.92. The zero-order valence-electron chi connectivity index (χ0n) is 11.3. The minimum absolute atomic E-state index is 0.0234. The van der Waals surface area contributed by atoms with Gasteiger partial charge < -0.3 is 5.32 Å². The minimum atomic E-state index is -0.0234. The fourth-order valence-electron chi connectivity index (χ4n) is 1.73. The van der Waals surface area contributed by atoms with Crippen LogP contribution in [0.15, 0.2) is 46.0 Å². The van der Waals surface area contributed by atoms with Crippen LogP contribution < -0.4 is 5.32 Å². The molecule has 20 heavy (non-hydrogen) atoms. The molecule has 0 bridgehead atoms. The number of nitrogens with one attached hydrogen (secondary N) is 1. The molecule has 104 valence electrons. The van der Waals surface area contributed by atoms with Gasteiger partial charge in [-0.1, -0.05) is 23.9 Å². The van der Waals surface area contributed by atoms with Crippen molar-refractivity contribution in [2.45, 2.75) is 18.9 Å². The van der Waals surface area contributed by atoms with Crippen molar-refractivity contribution in [1.29, 1.82) is 0 Å². The third-order valence-electron chi connectivity index (χ3n) is 2.64. The molecule has 0 aliphatic rings. The van der Waals surface area contributed by atoms with Crippen LogP contribution in [0.25, 0.3) is 0 Å². The maximum atomic E-state index is 11.9. The van der Waals surface area contributed by atoms with E-state index >= 15 is 0 Å². The first-order valence-corrected chi connectivity index (χ1v) is 7.94. The second-order valence-corrected chi connectivity index (χ2v) is 6.36. The van der Waals surface area contributed by atoms with E-state index in [9.17, 15) is 4.79 Å². The Morgan fingerprint density at radius 2 is 2.15 bits per heavy atom. The lowest BCUT2D eigenvalue weighted by molar-refractivity contribution is -0.113. The number of carbonyl (C=O) groups excluding carboxylic acids is 1. The number of rotatable bonds is 4. The summed E-state index contributed by atoms with van der Waals surface area (Å²) < 4.78 is 0.948. The summed E-state index contributed by atoms with van der Waals surface area (Å²) in [7, 11) is 0. The van der Waals surface area contributed by atoms with Gasteiger partial charge in [0.1, 0.15) is 0 Å². The van der Waals surface area contributed by atoms with Crippen LogP contribution in [0.3, 0.4) is 0 Å². The first kappa shape index (κ1) is 15.1. The molecule has 0 atom stereocenters. The number of hydrogen-bond donors (Lipinski definition) is 1. The molecule has 1 amide bonds. The van der Waals surface area contributed by atoms with Gasteiger partial charge >= 0.3 is 0 Å². The fourth-order valence-corrected chi connectivity index (χ4v) is 2.93. The third kappa shape index (κ3) is 4.35. The van der Waals surface area contributed by atoms with E-state index in [-0.39, 0.29) is 5.91 Å². The van der Waals surface area contributed by atoms with E-state index in [4.69, 9.17) is 0 Å². The van der Waals surface area contributed by atoms with Crippen LogP contribution in [-0.2, 0) is 4.79 Å². The van der Waals surface area contributed by atoms with Crippen LogP contribution in [0, 0.1) is 13.8 Å². The average Bonchev–Trinajstić information content (AvgIpc) is 2.37. The van der Waals surface area contributed by atoms with Crippen LogP contribution in [0.4, 0.5) is 5.69 Å². The van der Waals surface area contributed by atoms with Gasteiger partial charge in [0, 0.05) is 16.4 Å². The summed E-state index contributed by atoms with van der Waals surface area (Å²) in [6.07, 6.45) is 1.74. The van der Waals surface area contributed by atoms with Gasteiger partial charge in [-0.25, -0.2) is 4.98 Å². The highest BCUT2D eigenvalue weighted by Gasteiger charge is 2.07. The number of anilines is 1. The van der Waals surface area contributed by atoms with E-state index in [1.165, 1.54) is 11.8 Å². The Morgan fingerprint density at radius 1 is 1.35 bits per heavy atom. The van der Waals surface area contributed by atoms with Crippen molar-refractivity contribution in [2.75, 3.05) is 11.1 Å². The second-order valence-electron chi connectivity index (χ2n) is 4.48. The molecule has 1 N–H and O–H groups in total. The topological polar surface area (TPSA) is 42.0 Å². The van der Waals surface area contributed by atoms with E-state index < -0.39 is 0 Å². The largest absolute Gasteiger partial charge is 0.325 e. The van der Waals surface area contributed by atoms with Gasteiger partial charge in [0.2, 0.25) is 5.91 Å². The van der Waals surface area contributed by atoms with Crippen LogP contribution in [-0.4, -0.2) is 16.6 Å². The third-order valence-corrected chi connectivity index (χ3v) is 4.18. The lowest BCUT2D eigenvalue weighted by Crippen LogP contribution is -2.14. The number of nitrogens with zero attached hydrogens (tertiary/aromatic N) is 1. The van der Waals surface area contributed by atoms with Gasteiger partial charge in [0.05, 0.1) is 10.8 Å². The molecule has 0 aliphatic carbocycles. The van der Waals surface area contributed by atoms with E-state index in [0.29, 0.717) is 5.75 Å². The van der Waals surface area contributed by atoms with Crippen molar-refractivity contribution in [1.82, 2.24) is 4.98 Å². The van der Waals surface area contributed by atoms with Gasteiger partial charge in [-0.3, -0.25) is 4.79 Å². The number of aromatic nitrogens is 1. The molecule has 0 unspecified atom stereocenters. The molecule has 1 aromatic carbocycles. The fraction of sp³-hybridized carbons (Fsp3) is 0.200. The normalized spacial score (nSPS) is 10.3. The molecule has 5 heteroatoms. The highest BCUT2D eigenvalue weighted by atomic mass is 79.9. The number of carbonyl (C=O) groups is 1. The molecule has 3 nitrogen and oxygen atoms in total. The van der Waals surface area contributed by atoms with E-state index in [1.54, 1.807) is 6.20 Å². The van der Waals surface area contributed by atoms with Crippen LogP contribution >= 0.6 is 27.7 Å². The van der Waals surface area contributed by atoms with Crippen molar-refractivity contribution >= 4 is 39.3 Å². The molecule has 0 radical (unpaired) electrons. The molecular formula is C15H15BrN2OS. The molecule has 0 aliphatic heterocycles. The molecule has 0 fully saturated rings. The standard InChI is InChI=1S/C15H15BrN2OS/c1-10-4-3-5-13(6-10)18-14(19)9-20-15-11(2)7-12(16)8-17-15/h3-8H,9H2,1-2H3,(H,18,19). The van der Waals surface area contributed by atoms with Gasteiger partial charge in [0.25, 0.3) is 0 Å². The van der Waals surface area contributed by atoms with Crippen LogP contribution in [0.2, 0.25) is 0 Å². The molecule has 2 rings (SSSR count). The maximum absolute atomic E-state index is 11.9. The number of benzene rings is 1. The molecule has 1 aromatic heterocycles. The highest BCUT2D eigenvalue weighted by molar-refractivity contribution is 9.10. The predicted octanol–water partition coefficient (Wildman–Crippen LogP) is 4.19. The van der Waals surface area contributed by atoms with Crippen molar-refractivity contribution in [3.8, 4) is 0 Å². The second kappa shape index (κ2) is 6.90. The number of pyridine rings is 1. The first-order valence-electron chi connectivity index (χ1n) is 6.16. The zero-order valence-corrected chi connectivity index (χ0v) is 13.7. The summed E-state index contributed by atoms with van der Waals surface area (Å²) in [5, 5.41) is 3.77. The lowest BCUT2D eigenvalue weighted by Gasteiger charge is -2.07. The number of halogens is 1. The SMILES string of the molecule is Cc1cccc(NC(=O)CSc2ncc(Br)cc2C)c1. The molecule has 0 saturated heterocycles. The number of hydrogen-bond acceptors (Lipinski definition) is 3. The van der Waals surface area contributed by atoms with E-state index in [0.717, 1.165) is 26.3 Å². The predicted molar refractivity (Wildman–Crippen MR) is 87.2 cm³/mol. The highest BCUT2D eigenvalue weighted by Crippen LogP contribution is 2.22. The average molecular weight is 351 g/mol. The molecular weight excluding hydrogens is 336 g/mol. The summed E-state index contributed by atoms with van der Waals surface area (Å²) in [6, 6.07) is 9.76. The Hall–Kier alpha value is -1.33. The molecule has 2 aromatic rings. The Kier molecular flexibility index (Phi) is 5.20. The summed E-state index contributed by atoms with van der Waals surface area (Å²) >= 11 is 4.82. The van der Waals surface area contributed by atoms with E-state index in [1.807, 2.05) is 44.2 Å². The maximum Gasteiger partial charge on any atom is 0.234 e. The smallest absolute Gasteiger partial charge is 0.234 e.